The van der Waals surface area contributed by atoms with E-state index < -0.39 is 0 Å². The van der Waals surface area contributed by atoms with Crippen LogP contribution in [0.5, 0.6) is 0 Å². The predicted molar refractivity (Wildman–Crippen MR) is 129 cm³/mol. The predicted octanol–water partition coefficient (Wildman–Crippen LogP) is 4.86. The maximum atomic E-state index is 13.2. The Kier molecular flexibility index (Phi) is 5.08. The number of fused-ring (bicyclic) bond motifs is 3. The van der Waals surface area contributed by atoms with Gasteiger partial charge in [-0.2, -0.15) is 5.10 Å². The van der Waals surface area contributed by atoms with Crippen molar-refractivity contribution in [1.82, 2.24) is 18.9 Å². The molecular formula is C24H20Cl2N4O2. The van der Waals surface area contributed by atoms with Crippen molar-refractivity contribution in [3.8, 4) is 22.4 Å². The van der Waals surface area contributed by atoms with Gasteiger partial charge in [-0.15, -0.1) is 0 Å². The summed E-state index contributed by atoms with van der Waals surface area (Å²) >= 11 is 12.5. The molecule has 5 aromatic rings. The van der Waals surface area contributed by atoms with Gasteiger partial charge in [-0.1, -0.05) is 35.3 Å². The topological polar surface area (TPSA) is 65.0 Å². The number of benzene rings is 2. The van der Waals surface area contributed by atoms with Crippen LogP contribution in [0.3, 0.4) is 0 Å². The van der Waals surface area contributed by atoms with E-state index in [-0.39, 0.29) is 12.2 Å². The maximum absolute atomic E-state index is 13.2. The molecule has 0 aliphatic rings. The molecule has 3 aromatic heterocycles. The molecule has 0 atom stereocenters. The number of rotatable bonds is 4. The summed E-state index contributed by atoms with van der Waals surface area (Å²) in [6.07, 6.45) is 1.85. The molecule has 2 aromatic carbocycles. The number of aliphatic hydroxyl groups excluding tert-OH is 1. The zero-order valence-corrected chi connectivity index (χ0v) is 19.0. The molecule has 0 spiro atoms. The fourth-order valence-corrected chi connectivity index (χ4v) is 4.80. The average Bonchev–Trinajstić information content (AvgIpc) is 3.34. The molecule has 5 rings (SSSR count). The van der Waals surface area contributed by atoms with Gasteiger partial charge >= 0.3 is 0 Å². The Hall–Kier alpha value is -3.06. The van der Waals surface area contributed by atoms with Gasteiger partial charge < -0.3 is 9.67 Å². The van der Waals surface area contributed by atoms with Gasteiger partial charge in [0.2, 0.25) is 0 Å². The van der Waals surface area contributed by atoms with Crippen LogP contribution in [0.25, 0.3) is 44.3 Å². The van der Waals surface area contributed by atoms with Crippen molar-refractivity contribution in [2.45, 2.75) is 6.54 Å². The number of aryl methyl sites for hydroxylation is 2. The normalized spacial score (nSPS) is 11.7. The van der Waals surface area contributed by atoms with Gasteiger partial charge in [-0.3, -0.25) is 14.0 Å². The van der Waals surface area contributed by atoms with Crippen LogP contribution >= 0.6 is 23.2 Å². The fraction of sp³-hybridized carbons (Fsp3) is 0.167. The van der Waals surface area contributed by atoms with E-state index >= 15 is 0 Å². The van der Waals surface area contributed by atoms with Gasteiger partial charge in [0.05, 0.1) is 29.4 Å². The van der Waals surface area contributed by atoms with Gasteiger partial charge in [0.15, 0.2) is 0 Å². The number of aromatic nitrogens is 4. The smallest absolute Gasteiger partial charge is 0.259 e. The summed E-state index contributed by atoms with van der Waals surface area (Å²) in [6.45, 7) is 0.484. The van der Waals surface area contributed by atoms with E-state index in [0.29, 0.717) is 27.7 Å². The average molecular weight is 467 g/mol. The van der Waals surface area contributed by atoms with Gasteiger partial charge in [0.25, 0.3) is 5.56 Å². The Morgan fingerprint density at radius 1 is 0.938 bits per heavy atom. The highest BCUT2D eigenvalue weighted by Gasteiger charge is 2.18. The number of nitrogens with zero attached hydrogens (tertiary/aromatic N) is 4. The zero-order valence-electron chi connectivity index (χ0n) is 17.5. The lowest BCUT2D eigenvalue weighted by Crippen LogP contribution is -2.20. The van der Waals surface area contributed by atoms with Gasteiger partial charge in [0, 0.05) is 52.8 Å². The summed E-state index contributed by atoms with van der Waals surface area (Å²) in [5, 5.41) is 16.6. The number of hydrogen-bond donors (Lipinski definition) is 1. The molecular weight excluding hydrogens is 447 g/mol. The van der Waals surface area contributed by atoms with E-state index in [1.54, 1.807) is 34.5 Å². The van der Waals surface area contributed by atoms with Crippen LogP contribution in [0, 0.1) is 0 Å². The largest absolute Gasteiger partial charge is 0.394 e. The molecule has 1 N–H and O–H groups in total. The van der Waals surface area contributed by atoms with Crippen LogP contribution in [-0.4, -0.2) is 30.6 Å². The monoisotopic (exact) mass is 466 g/mol. The highest BCUT2D eigenvalue weighted by molar-refractivity contribution is 6.36. The Morgan fingerprint density at radius 2 is 1.75 bits per heavy atom. The SMILES string of the molecule is Cn1c(=O)c(-c2ccc(Cl)cc2Cl)cc2c3cc(-c4ccn(CCO)n4)ccc3n(C)c21. The van der Waals surface area contributed by atoms with E-state index in [1.807, 2.05) is 42.1 Å². The van der Waals surface area contributed by atoms with Crippen LogP contribution in [0.1, 0.15) is 0 Å². The molecule has 0 fully saturated rings. The van der Waals surface area contributed by atoms with E-state index in [4.69, 9.17) is 28.3 Å². The van der Waals surface area contributed by atoms with Crippen molar-refractivity contribution in [3.63, 3.8) is 0 Å². The first kappa shape index (κ1) is 20.8. The maximum Gasteiger partial charge on any atom is 0.259 e. The third-order valence-electron chi connectivity index (χ3n) is 5.83. The molecule has 0 aliphatic heterocycles. The number of hydrogen-bond acceptors (Lipinski definition) is 3. The van der Waals surface area contributed by atoms with Crippen molar-refractivity contribution in [2.75, 3.05) is 6.61 Å². The molecule has 0 saturated carbocycles. The third-order valence-corrected chi connectivity index (χ3v) is 6.38. The quantitative estimate of drug-likeness (QED) is 0.411. The minimum atomic E-state index is -0.129. The zero-order chi connectivity index (χ0) is 22.6. The lowest BCUT2D eigenvalue weighted by molar-refractivity contribution is 0.269. The molecule has 32 heavy (non-hydrogen) atoms. The molecule has 0 saturated heterocycles. The number of aliphatic hydroxyl groups is 1. The summed E-state index contributed by atoms with van der Waals surface area (Å²) in [5.41, 5.74) is 4.65. The minimum absolute atomic E-state index is 0.0353. The number of halogens is 2. The Labute approximate surface area is 193 Å². The van der Waals surface area contributed by atoms with E-state index in [9.17, 15) is 4.79 Å². The Morgan fingerprint density at radius 3 is 2.50 bits per heavy atom. The molecule has 0 bridgehead atoms. The first-order valence-corrected chi connectivity index (χ1v) is 10.9. The Bertz CT molecular complexity index is 1560. The van der Waals surface area contributed by atoms with Gasteiger partial charge in [-0.25, -0.2) is 0 Å². The second-order valence-electron chi connectivity index (χ2n) is 7.76. The minimum Gasteiger partial charge on any atom is -0.394 e. The summed E-state index contributed by atoms with van der Waals surface area (Å²) in [7, 11) is 3.73. The molecule has 0 unspecified atom stereocenters. The lowest BCUT2D eigenvalue weighted by atomic mass is 10.0. The second kappa shape index (κ2) is 7.81. The van der Waals surface area contributed by atoms with E-state index in [1.165, 1.54) is 0 Å². The lowest BCUT2D eigenvalue weighted by Gasteiger charge is -2.09. The molecule has 0 radical (unpaired) electrons. The van der Waals surface area contributed by atoms with Gasteiger partial charge in [0.1, 0.15) is 5.65 Å². The standard InChI is InChI=1S/C24H20Cl2N4O2/c1-28-22-6-3-14(21-7-8-30(27-21)9-10-31)11-17(22)18-13-19(24(32)29(2)23(18)28)16-5-4-15(25)12-20(16)26/h3-8,11-13,31H,9-10H2,1-2H3. The highest BCUT2D eigenvalue weighted by atomic mass is 35.5. The molecule has 0 aliphatic carbocycles. The molecule has 3 heterocycles. The van der Waals surface area contributed by atoms with Crippen molar-refractivity contribution in [3.05, 3.63) is 75.1 Å². The van der Waals surface area contributed by atoms with E-state index in [0.717, 1.165) is 33.2 Å². The first-order chi connectivity index (χ1) is 15.4. The molecule has 0 amide bonds. The summed E-state index contributed by atoms with van der Waals surface area (Å²) < 4.78 is 5.39. The fourth-order valence-electron chi connectivity index (χ4n) is 4.29. The molecule has 8 heteroatoms. The van der Waals surface area contributed by atoms with Crippen LogP contribution < -0.4 is 5.56 Å². The molecule has 6 nitrogen and oxygen atoms in total. The Balaban J connectivity index is 1.78. The highest BCUT2D eigenvalue weighted by Crippen LogP contribution is 2.35. The van der Waals surface area contributed by atoms with Crippen LogP contribution in [0.2, 0.25) is 10.0 Å². The van der Waals surface area contributed by atoms with Crippen molar-refractivity contribution < 1.29 is 5.11 Å². The van der Waals surface area contributed by atoms with Crippen LogP contribution in [0.4, 0.5) is 0 Å². The third kappa shape index (κ3) is 3.23. The van der Waals surface area contributed by atoms with Crippen molar-refractivity contribution in [1.29, 1.82) is 0 Å². The van der Waals surface area contributed by atoms with Crippen molar-refractivity contribution >= 4 is 45.1 Å². The number of pyridine rings is 1. The van der Waals surface area contributed by atoms with Gasteiger partial charge in [-0.05, 0) is 36.4 Å². The van der Waals surface area contributed by atoms with E-state index in [2.05, 4.69) is 11.2 Å². The van der Waals surface area contributed by atoms with Crippen LogP contribution in [0.15, 0.2) is 59.5 Å². The summed E-state index contributed by atoms with van der Waals surface area (Å²) in [4.78, 5) is 13.2. The summed E-state index contributed by atoms with van der Waals surface area (Å²) in [6, 6.07) is 15.1. The summed E-state index contributed by atoms with van der Waals surface area (Å²) in [5.74, 6) is 0. The first-order valence-electron chi connectivity index (χ1n) is 10.1. The van der Waals surface area contributed by atoms with Crippen molar-refractivity contribution in [2.24, 2.45) is 14.1 Å². The van der Waals surface area contributed by atoms with Crippen LogP contribution in [-0.2, 0) is 20.6 Å². The molecule has 162 valence electrons. The second-order valence-corrected chi connectivity index (χ2v) is 8.61.